The molecule has 0 saturated carbocycles. The molecule has 0 aliphatic carbocycles. The number of hydrogen-bond donors (Lipinski definition) is 3. The average molecular weight is 399 g/mol. The zero-order chi connectivity index (χ0) is 20.8. The van der Waals surface area contributed by atoms with Gasteiger partial charge in [0, 0.05) is 24.8 Å². The van der Waals surface area contributed by atoms with Gasteiger partial charge < -0.3 is 20.6 Å². The first kappa shape index (κ1) is 20.3. The van der Waals surface area contributed by atoms with E-state index in [0.29, 0.717) is 37.2 Å². The standard InChI is InChI=1S/C21H22FN3O4/c22-15-5-7-16(8-6-15)23-21(29)24-17-9-11-25(12-10-17)19(26)13-14-3-1-2-4-18(14)20(27)28/h1-8,17H,9-13H2,(H,27,28)(H2,23,24,29). The lowest BCUT2D eigenvalue weighted by Crippen LogP contribution is -2.48. The number of carboxylic acid groups (broad SMARTS) is 1. The number of carbonyl (C=O) groups is 3. The molecule has 7 nitrogen and oxygen atoms in total. The maximum atomic E-state index is 12.9. The van der Waals surface area contributed by atoms with Crippen LogP contribution >= 0.6 is 0 Å². The molecule has 0 unspecified atom stereocenters. The monoisotopic (exact) mass is 399 g/mol. The van der Waals surface area contributed by atoms with Crippen molar-refractivity contribution in [1.29, 1.82) is 0 Å². The fourth-order valence-electron chi connectivity index (χ4n) is 3.32. The molecule has 0 radical (unpaired) electrons. The number of halogens is 1. The van der Waals surface area contributed by atoms with E-state index in [1.807, 2.05) is 0 Å². The van der Waals surface area contributed by atoms with Crippen molar-refractivity contribution < 1.29 is 23.9 Å². The third-order valence-electron chi connectivity index (χ3n) is 4.87. The van der Waals surface area contributed by atoms with Crippen molar-refractivity contribution in [3.8, 4) is 0 Å². The number of urea groups is 1. The van der Waals surface area contributed by atoms with Gasteiger partial charge >= 0.3 is 12.0 Å². The number of amides is 3. The SMILES string of the molecule is O=C(Nc1ccc(F)cc1)NC1CCN(C(=O)Cc2ccccc2C(=O)O)CC1. The number of piperidine rings is 1. The van der Waals surface area contributed by atoms with E-state index in [2.05, 4.69) is 10.6 Å². The molecule has 3 amide bonds. The van der Waals surface area contributed by atoms with Crippen molar-refractivity contribution in [1.82, 2.24) is 10.2 Å². The van der Waals surface area contributed by atoms with E-state index >= 15 is 0 Å². The summed E-state index contributed by atoms with van der Waals surface area (Å²) >= 11 is 0. The number of hydrogen-bond acceptors (Lipinski definition) is 3. The number of carboxylic acids is 1. The van der Waals surface area contributed by atoms with Crippen LogP contribution in [0.1, 0.15) is 28.8 Å². The quantitative estimate of drug-likeness (QED) is 0.720. The lowest BCUT2D eigenvalue weighted by atomic mass is 10.0. The van der Waals surface area contributed by atoms with Crippen molar-refractivity contribution >= 4 is 23.6 Å². The Kier molecular flexibility index (Phi) is 6.43. The topological polar surface area (TPSA) is 98.7 Å². The van der Waals surface area contributed by atoms with Crippen LogP contribution in [0.5, 0.6) is 0 Å². The predicted octanol–water partition coefficient (Wildman–Crippen LogP) is 2.88. The van der Waals surface area contributed by atoms with Crippen LogP contribution in [-0.2, 0) is 11.2 Å². The summed E-state index contributed by atoms with van der Waals surface area (Å²) < 4.78 is 12.9. The molecule has 1 aliphatic heterocycles. The van der Waals surface area contributed by atoms with Gasteiger partial charge in [-0.05, 0) is 48.7 Å². The number of anilines is 1. The molecule has 0 bridgehead atoms. The molecule has 3 N–H and O–H groups in total. The molecular weight excluding hydrogens is 377 g/mol. The molecule has 1 aliphatic rings. The van der Waals surface area contributed by atoms with Crippen LogP contribution in [0.2, 0.25) is 0 Å². The minimum atomic E-state index is -1.05. The van der Waals surface area contributed by atoms with E-state index in [1.54, 1.807) is 23.1 Å². The number of likely N-dealkylation sites (tertiary alicyclic amines) is 1. The van der Waals surface area contributed by atoms with E-state index in [0.717, 1.165) is 0 Å². The normalized spacial score (nSPS) is 14.3. The van der Waals surface area contributed by atoms with Gasteiger partial charge in [0.25, 0.3) is 0 Å². The summed E-state index contributed by atoms with van der Waals surface area (Å²) in [5.74, 6) is -1.56. The number of nitrogens with zero attached hydrogens (tertiary/aromatic N) is 1. The van der Waals surface area contributed by atoms with Crippen molar-refractivity contribution in [2.75, 3.05) is 18.4 Å². The van der Waals surface area contributed by atoms with Gasteiger partial charge in [0.1, 0.15) is 5.82 Å². The van der Waals surface area contributed by atoms with Crippen LogP contribution in [0.25, 0.3) is 0 Å². The van der Waals surface area contributed by atoms with E-state index < -0.39 is 5.97 Å². The van der Waals surface area contributed by atoms with Crippen LogP contribution in [0.4, 0.5) is 14.9 Å². The lowest BCUT2D eigenvalue weighted by molar-refractivity contribution is -0.131. The average Bonchev–Trinajstić information content (AvgIpc) is 2.70. The molecule has 1 heterocycles. The van der Waals surface area contributed by atoms with Gasteiger partial charge in [-0.15, -0.1) is 0 Å². The molecule has 0 atom stereocenters. The van der Waals surface area contributed by atoms with Gasteiger partial charge in [-0.25, -0.2) is 14.0 Å². The molecule has 3 rings (SSSR count). The summed E-state index contributed by atoms with van der Waals surface area (Å²) in [6, 6.07) is 11.5. The summed E-state index contributed by atoms with van der Waals surface area (Å²) in [5, 5.41) is 14.7. The highest BCUT2D eigenvalue weighted by Crippen LogP contribution is 2.15. The van der Waals surface area contributed by atoms with Crippen molar-refractivity contribution in [2.45, 2.75) is 25.3 Å². The zero-order valence-electron chi connectivity index (χ0n) is 15.7. The van der Waals surface area contributed by atoms with Gasteiger partial charge in [-0.2, -0.15) is 0 Å². The highest BCUT2D eigenvalue weighted by atomic mass is 19.1. The summed E-state index contributed by atoms with van der Waals surface area (Å²) in [5.41, 5.74) is 1.12. The van der Waals surface area contributed by atoms with Crippen molar-refractivity contribution in [2.24, 2.45) is 0 Å². The van der Waals surface area contributed by atoms with E-state index in [-0.39, 0.29) is 35.8 Å². The maximum Gasteiger partial charge on any atom is 0.335 e. The highest BCUT2D eigenvalue weighted by Gasteiger charge is 2.24. The van der Waals surface area contributed by atoms with Gasteiger partial charge in [-0.3, -0.25) is 4.79 Å². The Hall–Kier alpha value is -3.42. The summed E-state index contributed by atoms with van der Waals surface area (Å²) in [7, 11) is 0. The molecule has 8 heteroatoms. The lowest BCUT2D eigenvalue weighted by Gasteiger charge is -2.32. The fraction of sp³-hybridized carbons (Fsp3) is 0.286. The number of benzene rings is 2. The Balaban J connectivity index is 1.47. The Labute approximate surface area is 167 Å². The van der Waals surface area contributed by atoms with E-state index in [4.69, 9.17) is 0 Å². The van der Waals surface area contributed by atoms with E-state index in [1.165, 1.54) is 30.3 Å². The highest BCUT2D eigenvalue weighted by molar-refractivity contribution is 5.92. The van der Waals surface area contributed by atoms with Crippen molar-refractivity contribution in [3.63, 3.8) is 0 Å². The molecule has 0 spiro atoms. The van der Waals surface area contributed by atoms with Crippen LogP contribution in [0.3, 0.4) is 0 Å². The smallest absolute Gasteiger partial charge is 0.335 e. The molecule has 1 saturated heterocycles. The fourth-order valence-corrected chi connectivity index (χ4v) is 3.32. The van der Waals surface area contributed by atoms with Crippen molar-refractivity contribution in [3.05, 3.63) is 65.5 Å². The molecule has 2 aromatic rings. The Morgan fingerprint density at radius 2 is 1.69 bits per heavy atom. The van der Waals surface area contributed by atoms with Crippen LogP contribution < -0.4 is 10.6 Å². The van der Waals surface area contributed by atoms with Crippen LogP contribution in [0.15, 0.2) is 48.5 Å². The van der Waals surface area contributed by atoms with Gasteiger partial charge in [-0.1, -0.05) is 18.2 Å². The summed E-state index contributed by atoms with van der Waals surface area (Å²) in [4.78, 5) is 37.6. The number of aromatic carboxylic acids is 1. The second-order valence-corrected chi connectivity index (χ2v) is 6.90. The predicted molar refractivity (Wildman–Crippen MR) is 105 cm³/mol. The third-order valence-corrected chi connectivity index (χ3v) is 4.87. The minimum Gasteiger partial charge on any atom is -0.478 e. The van der Waals surface area contributed by atoms with Crippen LogP contribution in [-0.4, -0.2) is 47.0 Å². The third kappa shape index (κ3) is 5.54. The molecule has 29 heavy (non-hydrogen) atoms. The Morgan fingerprint density at radius 1 is 1.03 bits per heavy atom. The first-order chi connectivity index (χ1) is 13.9. The molecule has 152 valence electrons. The molecule has 1 fully saturated rings. The molecule has 0 aromatic heterocycles. The summed E-state index contributed by atoms with van der Waals surface area (Å²) in [6.45, 7) is 0.963. The maximum absolute atomic E-state index is 12.9. The minimum absolute atomic E-state index is 0.0334. The molecular formula is C21H22FN3O4. The number of rotatable bonds is 5. The first-order valence-corrected chi connectivity index (χ1v) is 9.34. The number of carbonyl (C=O) groups excluding carboxylic acids is 2. The largest absolute Gasteiger partial charge is 0.478 e. The number of nitrogens with one attached hydrogen (secondary N) is 2. The molecule has 2 aromatic carbocycles. The Bertz CT molecular complexity index is 893. The van der Waals surface area contributed by atoms with Crippen LogP contribution in [0, 0.1) is 5.82 Å². The second kappa shape index (κ2) is 9.18. The summed E-state index contributed by atoms with van der Waals surface area (Å²) in [6.07, 6.45) is 1.23. The van der Waals surface area contributed by atoms with E-state index in [9.17, 15) is 23.9 Å². The van der Waals surface area contributed by atoms with Gasteiger partial charge in [0.15, 0.2) is 0 Å². The first-order valence-electron chi connectivity index (χ1n) is 9.34. The van der Waals surface area contributed by atoms with Gasteiger partial charge in [0.2, 0.25) is 5.91 Å². The second-order valence-electron chi connectivity index (χ2n) is 6.90. The Morgan fingerprint density at radius 3 is 2.34 bits per heavy atom. The zero-order valence-corrected chi connectivity index (χ0v) is 15.7. The van der Waals surface area contributed by atoms with Gasteiger partial charge in [0.05, 0.1) is 12.0 Å².